The standard InChI is InChI=1S/C13H29N3O2/c1-12(2)15(3)5-4-14-10-13(17)11-16-6-8-18-9-7-16/h12-14,17H,4-11H2,1-3H3. The van der Waals surface area contributed by atoms with Gasteiger partial charge < -0.3 is 20.1 Å². The van der Waals surface area contributed by atoms with Crippen LogP contribution in [0.15, 0.2) is 0 Å². The number of aliphatic hydroxyl groups excluding tert-OH is 1. The van der Waals surface area contributed by atoms with Gasteiger partial charge in [0, 0.05) is 45.3 Å². The Bertz CT molecular complexity index is 208. The summed E-state index contributed by atoms with van der Waals surface area (Å²) in [6.45, 7) is 11.2. The minimum absolute atomic E-state index is 0.285. The largest absolute Gasteiger partial charge is 0.390 e. The van der Waals surface area contributed by atoms with E-state index in [1.165, 1.54) is 0 Å². The van der Waals surface area contributed by atoms with E-state index < -0.39 is 0 Å². The van der Waals surface area contributed by atoms with Crippen molar-refractivity contribution in [3.8, 4) is 0 Å². The Morgan fingerprint density at radius 1 is 1.33 bits per heavy atom. The molecular formula is C13H29N3O2. The fraction of sp³-hybridized carbons (Fsp3) is 1.00. The molecule has 0 aromatic carbocycles. The van der Waals surface area contributed by atoms with Gasteiger partial charge in [0.2, 0.25) is 0 Å². The van der Waals surface area contributed by atoms with Gasteiger partial charge in [0.1, 0.15) is 0 Å². The van der Waals surface area contributed by atoms with Gasteiger partial charge in [-0.15, -0.1) is 0 Å². The maximum absolute atomic E-state index is 9.92. The quantitative estimate of drug-likeness (QED) is 0.581. The van der Waals surface area contributed by atoms with E-state index in [0.717, 1.165) is 45.9 Å². The number of hydrogen-bond donors (Lipinski definition) is 2. The van der Waals surface area contributed by atoms with Gasteiger partial charge >= 0.3 is 0 Å². The molecule has 0 aromatic heterocycles. The number of hydrogen-bond acceptors (Lipinski definition) is 5. The van der Waals surface area contributed by atoms with Gasteiger partial charge in [-0.1, -0.05) is 0 Å². The van der Waals surface area contributed by atoms with Crippen LogP contribution in [0.3, 0.4) is 0 Å². The van der Waals surface area contributed by atoms with E-state index in [1.807, 2.05) is 0 Å². The second-order valence-corrected chi connectivity index (χ2v) is 5.35. The smallest absolute Gasteiger partial charge is 0.0791 e. The van der Waals surface area contributed by atoms with E-state index >= 15 is 0 Å². The molecule has 2 N–H and O–H groups in total. The van der Waals surface area contributed by atoms with Crippen LogP contribution in [-0.4, -0.2) is 86.6 Å². The molecule has 1 rings (SSSR count). The molecule has 0 saturated carbocycles. The highest BCUT2D eigenvalue weighted by molar-refractivity contribution is 4.69. The molecule has 1 aliphatic heterocycles. The zero-order valence-corrected chi connectivity index (χ0v) is 12.1. The summed E-state index contributed by atoms with van der Waals surface area (Å²) >= 11 is 0. The summed E-state index contributed by atoms with van der Waals surface area (Å²) in [5, 5.41) is 13.2. The first-order valence-corrected chi connectivity index (χ1v) is 6.98. The van der Waals surface area contributed by atoms with Crippen molar-refractivity contribution < 1.29 is 9.84 Å². The molecule has 0 amide bonds. The van der Waals surface area contributed by atoms with Crippen LogP contribution in [-0.2, 0) is 4.74 Å². The molecule has 1 fully saturated rings. The van der Waals surface area contributed by atoms with E-state index in [0.29, 0.717) is 12.6 Å². The molecule has 1 unspecified atom stereocenters. The van der Waals surface area contributed by atoms with E-state index in [4.69, 9.17) is 4.74 Å². The predicted molar refractivity (Wildman–Crippen MR) is 73.9 cm³/mol. The lowest BCUT2D eigenvalue weighted by molar-refractivity contribution is 0.0149. The highest BCUT2D eigenvalue weighted by Gasteiger charge is 2.14. The molecule has 108 valence electrons. The summed E-state index contributed by atoms with van der Waals surface area (Å²) < 4.78 is 5.28. The first-order chi connectivity index (χ1) is 8.59. The molecular weight excluding hydrogens is 230 g/mol. The summed E-state index contributed by atoms with van der Waals surface area (Å²) in [7, 11) is 2.12. The fourth-order valence-corrected chi connectivity index (χ4v) is 1.93. The van der Waals surface area contributed by atoms with E-state index in [9.17, 15) is 5.11 Å². The third-order valence-electron chi connectivity index (χ3n) is 3.48. The lowest BCUT2D eigenvalue weighted by Crippen LogP contribution is -2.44. The second-order valence-electron chi connectivity index (χ2n) is 5.35. The van der Waals surface area contributed by atoms with Crippen molar-refractivity contribution >= 4 is 0 Å². The van der Waals surface area contributed by atoms with Gasteiger partial charge in [0.05, 0.1) is 19.3 Å². The van der Waals surface area contributed by atoms with Crippen LogP contribution in [0.4, 0.5) is 0 Å². The summed E-state index contributed by atoms with van der Waals surface area (Å²) in [5.74, 6) is 0. The van der Waals surface area contributed by atoms with Crippen molar-refractivity contribution in [2.24, 2.45) is 0 Å². The predicted octanol–water partition coefficient (Wildman–Crippen LogP) is -0.391. The molecule has 5 nitrogen and oxygen atoms in total. The summed E-state index contributed by atoms with van der Waals surface area (Å²) in [4.78, 5) is 4.55. The maximum Gasteiger partial charge on any atom is 0.0791 e. The molecule has 18 heavy (non-hydrogen) atoms. The molecule has 1 aliphatic rings. The number of aliphatic hydroxyl groups is 1. The molecule has 5 heteroatoms. The number of β-amino-alcohol motifs (C(OH)–C–C–N with tert-alkyl or cyclic N) is 1. The average Bonchev–Trinajstić information content (AvgIpc) is 2.35. The Hall–Kier alpha value is -0.200. The van der Waals surface area contributed by atoms with Crippen LogP contribution in [0.5, 0.6) is 0 Å². The van der Waals surface area contributed by atoms with Crippen LogP contribution in [0, 0.1) is 0 Å². The zero-order chi connectivity index (χ0) is 13.4. The summed E-state index contributed by atoms with van der Waals surface area (Å²) in [6, 6.07) is 0.574. The second kappa shape index (κ2) is 8.82. The Morgan fingerprint density at radius 3 is 2.61 bits per heavy atom. The summed E-state index contributed by atoms with van der Waals surface area (Å²) in [5.41, 5.74) is 0. The normalized spacial score (nSPS) is 19.7. The number of nitrogens with one attached hydrogen (secondary N) is 1. The fourth-order valence-electron chi connectivity index (χ4n) is 1.93. The van der Waals surface area contributed by atoms with Crippen LogP contribution >= 0.6 is 0 Å². The van der Waals surface area contributed by atoms with Crippen LogP contribution in [0.25, 0.3) is 0 Å². The third-order valence-corrected chi connectivity index (χ3v) is 3.48. The number of likely N-dealkylation sites (N-methyl/N-ethyl adjacent to an activating group) is 1. The minimum atomic E-state index is -0.285. The number of rotatable bonds is 8. The Morgan fingerprint density at radius 2 is 2.00 bits per heavy atom. The van der Waals surface area contributed by atoms with Gasteiger partial charge in [0.25, 0.3) is 0 Å². The topological polar surface area (TPSA) is 48.0 Å². The van der Waals surface area contributed by atoms with Crippen LogP contribution in [0.1, 0.15) is 13.8 Å². The van der Waals surface area contributed by atoms with Gasteiger partial charge in [-0.05, 0) is 20.9 Å². The monoisotopic (exact) mass is 259 g/mol. The van der Waals surface area contributed by atoms with Crippen molar-refractivity contribution in [1.82, 2.24) is 15.1 Å². The minimum Gasteiger partial charge on any atom is -0.390 e. The molecule has 0 aliphatic carbocycles. The van der Waals surface area contributed by atoms with Gasteiger partial charge in [-0.2, -0.15) is 0 Å². The summed E-state index contributed by atoms with van der Waals surface area (Å²) in [6.07, 6.45) is -0.285. The van der Waals surface area contributed by atoms with Gasteiger partial charge in [-0.25, -0.2) is 0 Å². The van der Waals surface area contributed by atoms with Crippen molar-refractivity contribution in [3.63, 3.8) is 0 Å². The molecule has 0 radical (unpaired) electrons. The number of morpholine rings is 1. The molecule has 0 aromatic rings. The first kappa shape index (κ1) is 15.9. The van der Waals surface area contributed by atoms with Crippen molar-refractivity contribution in [2.75, 3.05) is 59.5 Å². The van der Waals surface area contributed by atoms with E-state index in [2.05, 4.69) is 36.0 Å². The van der Waals surface area contributed by atoms with Gasteiger partial charge in [-0.3, -0.25) is 4.90 Å². The highest BCUT2D eigenvalue weighted by atomic mass is 16.5. The maximum atomic E-state index is 9.92. The van der Waals surface area contributed by atoms with Crippen molar-refractivity contribution in [3.05, 3.63) is 0 Å². The number of nitrogens with zero attached hydrogens (tertiary/aromatic N) is 2. The molecule has 1 atom stereocenters. The van der Waals surface area contributed by atoms with E-state index in [1.54, 1.807) is 0 Å². The SMILES string of the molecule is CC(C)N(C)CCNCC(O)CN1CCOCC1. The van der Waals surface area contributed by atoms with E-state index in [-0.39, 0.29) is 6.10 Å². The van der Waals surface area contributed by atoms with Crippen molar-refractivity contribution in [1.29, 1.82) is 0 Å². The van der Waals surface area contributed by atoms with Crippen LogP contribution < -0.4 is 5.32 Å². The lowest BCUT2D eigenvalue weighted by Gasteiger charge is -2.28. The average molecular weight is 259 g/mol. The van der Waals surface area contributed by atoms with Crippen molar-refractivity contribution in [2.45, 2.75) is 26.0 Å². The molecule has 1 heterocycles. The molecule has 1 saturated heterocycles. The third kappa shape index (κ3) is 6.66. The molecule has 0 spiro atoms. The first-order valence-electron chi connectivity index (χ1n) is 6.98. The lowest BCUT2D eigenvalue weighted by atomic mass is 10.3. The number of ether oxygens (including phenoxy) is 1. The van der Waals surface area contributed by atoms with Gasteiger partial charge in [0.15, 0.2) is 0 Å². The Kier molecular flexibility index (Phi) is 7.77. The Balaban J connectivity index is 2.00. The zero-order valence-electron chi connectivity index (χ0n) is 12.1. The van der Waals surface area contributed by atoms with Crippen LogP contribution in [0.2, 0.25) is 0 Å². The Labute approximate surface area is 111 Å². The molecule has 0 bridgehead atoms. The highest BCUT2D eigenvalue weighted by Crippen LogP contribution is 1.98.